The van der Waals surface area contributed by atoms with Gasteiger partial charge in [0.25, 0.3) is 5.56 Å². The lowest BCUT2D eigenvalue weighted by molar-refractivity contribution is -0.172. The third kappa shape index (κ3) is 2.25. The van der Waals surface area contributed by atoms with Crippen molar-refractivity contribution in [2.75, 3.05) is 7.11 Å². The quantitative estimate of drug-likeness (QED) is 0.511. The topological polar surface area (TPSA) is 90.7 Å². The molecule has 2 aliphatic heterocycles. The number of rotatable bonds is 2. The zero-order valence-electron chi connectivity index (χ0n) is 16.7. The van der Waals surface area contributed by atoms with Gasteiger partial charge in [-0.1, -0.05) is 6.92 Å². The number of cyclic esters (lactones) is 1. The predicted octanol–water partition coefficient (Wildman–Crippen LogP) is 2.54. The highest BCUT2D eigenvalue weighted by Gasteiger charge is 2.45. The number of ether oxygens (including phenoxy) is 2. The third-order valence-corrected chi connectivity index (χ3v) is 6.25. The Balaban J connectivity index is 1.81. The van der Waals surface area contributed by atoms with Crippen LogP contribution in [0.2, 0.25) is 0 Å². The van der Waals surface area contributed by atoms with E-state index in [1.807, 2.05) is 6.92 Å². The Morgan fingerprint density at radius 3 is 2.77 bits per heavy atom. The fraction of sp³-hybridized carbons (Fsp3) is 0.318. The van der Waals surface area contributed by atoms with Crippen molar-refractivity contribution >= 4 is 16.9 Å². The summed E-state index contributed by atoms with van der Waals surface area (Å²) in [5, 5.41) is 11.7. The average Bonchev–Trinajstić information content (AvgIpc) is 3.10. The number of carbonyl (C=O) groups is 1. The average molecular weight is 410 g/mol. The van der Waals surface area contributed by atoms with Crippen LogP contribution in [0.3, 0.4) is 0 Å². The summed E-state index contributed by atoms with van der Waals surface area (Å²) in [4.78, 5) is 30.1. The smallest absolute Gasteiger partial charge is 0.343 e. The molecule has 1 N–H and O–H groups in total. The van der Waals surface area contributed by atoms with Gasteiger partial charge in [-0.3, -0.25) is 4.79 Å². The number of halogens is 1. The van der Waals surface area contributed by atoms with Crippen LogP contribution >= 0.6 is 0 Å². The summed E-state index contributed by atoms with van der Waals surface area (Å²) >= 11 is 0. The van der Waals surface area contributed by atoms with Crippen LogP contribution in [0.4, 0.5) is 4.39 Å². The molecule has 154 valence electrons. The molecule has 0 saturated heterocycles. The van der Waals surface area contributed by atoms with Crippen molar-refractivity contribution in [3.63, 3.8) is 0 Å². The minimum absolute atomic E-state index is 0.0732. The first-order chi connectivity index (χ1) is 14.3. The molecule has 0 spiro atoms. The second-order valence-corrected chi connectivity index (χ2v) is 7.67. The molecule has 0 radical (unpaired) electrons. The number of pyridine rings is 2. The largest absolute Gasteiger partial charge is 0.494 e. The number of benzene rings is 1. The van der Waals surface area contributed by atoms with Gasteiger partial charge in [0.05, 0.1) is 36.1 Å². The maximum absolute atomic E-state index is 14.3. The van der Waals surface area contributed by atoms with Crippen LogP contribution in [0.1, 0.15) is 35.6 Å². The summed E-state index contributed by atoms with van der Waals surface area (Å²) in [5.74, 6) is -1.17. The van der Waals surface area contributed by atoms with Gasteiger partial charge in [0.1, 0.15) is 6.61 Å². The fourth-order valence-electron chi connectivity index (χ4n) is 4.44. The molecule has 1 unspecified atom stereocenters. The monoisotopic (exact) mass is 410 g/mol. The van der Waals surface area contributed by atoms with Crippen molar-refractivity contribution in [1.82, 2.24) is 9.55 Å². The number of aliphatic hydroxyl groups is 1. The molecule has 4 heterocycles. The summed E-state index contributed by atoms with van der Waals surface area (Å²) in [7, 11) is 1.40. The first-order valence-corrected chi connectivity index (χ1v) is 9.64. The minimum Gasteiger partial charge on any atom is -0.494 e. The van der Waals surface area contributed by atoms with Crippen LogP contribution in [0.25, 0.3) is 22.3 Å². The SMILES string of the molecule is CCC1(O)C(=O)OCc2c1cc1n(c2=O)Cc2c-1nc1cc(F)c(OC)cc1c2C. The first-order valence-electron chi connectivity index (χ1n) is 9.64. The van der Waals surface area contributed by atoms with Gasteiger partial charge in [-0.25, -0.2) is 14.2 Å². The third-order valence-electron chi connectivity index (χ3n) is 6.25. The molecule has 30 heavy (non-hydrogen) atoms. The number of carbonyl (C=O) groups excluding carboxylic acids is 1. The van der Waals surface area contributed by atoms with Gasteiger partial charge in [-0.15, -0.1) is 0 Å². The Kier molecular flexibility index (Phi) is 3.82. The molecule has 5 rings (SSSR count). The Hall–Kier alpha value is -3.26. The lowest BCUT2D eigenvalue weighted by Gasteiger charge is -2.31. The van der Waals surface area contributed by atoms with E-state index in [1.54, 1.807) is 23.6 Å². The van der Waals surface area contributed by atoms with Crippen molar-refractivity contribution in [3.05, 3.63) is 56.6 Å². The van der Waals surface area contributed by atoms with Gasteiger partial charge in [-0.2, -0.15) is 0 Å². The summed E-state index contributed by atoms with van der Waals surface area (Å²) < 4.78 is 26.0. The number of nitrogens with zero attached hydrogens (tertiary/aromatic N) is 2. The number of aryl methyl sites for hydroxylation is 1. The van der Waals surface area contributed by atoms with Gasteiger partial charge in [0.2, 0.25) is 0 Å². The highest BCUT2D eigenvalue weighted by molar-refractivity contribution is 5.89. The summed E-state index contributed by atoms with van der Waals surface area (Å²) in [6.45, 7) is 3.67. The van der Waals surface area contributed by atoms with E-state index in [0.29, 0.717) is 23.4 Å². The molecular formula is C22H19FN2O5. The van der Waals surface area contributed by atoms with Crippen molar-refractivity contribution in [2.45, 2.75) is 39.0 Å². The first kappa shape index (κ1) is 18.7. The van der Waals surface area contributed by atoms with Crippen molar-refractivity contribution < 1.29 is 23.8 Å². The van der Waals surface area contributed by atoms with E-state index in [9.17, 15) is 19.1 Å². The van der Waals surface area contributed by atoms with Crippen LogP contribution in [-0.4, -0.2) is 27.7 Å². The van der Waals surface area contributed by atoms with E-state index in [-0.39, 0.29) is 35.5 Å². The molecular weight excluding hydrogens is 391 g/mol. The normalized spacial score (nSPS) is 19.3. The molecule has 0 saturated carbocycles. The van der Waals surface area contributed by atoms with Gasteiger partial charge in [0.15, 0.2) is 17.2 Å². The van der Waals surface area contributed by atoms with Crippen LogP contribution < -0.4 is 10.3 Å². The molecule has 2 aromatic heterocycles. The lowest BCUT2D eigenvalue weighted by atomic mass is 9.86. The van der Waals surface area contributed by atoms with Crippen LogP contribution in [0, 0.1) is 12.7 Å². The Morgan fingerprint density at radius 2 is 2.07 bits per heavy atom. The molecule has 0 amide bonds. The van der Waals surface area contributed by atoms with Crippen molar-refractivity contribution in [1.29, 1.82) is 0 Å². The Bertz CT molecular complexity index is 1330. The number of methoxy groups -OCH3 is 1. The van der Waals surface area contributed by atoms with Crippen LogP contribution in [0.15, 0.2) is 23.0 Å². The molecule has 7 nitrogen and oxygen atoms in total. The molecule has 0 bridgehead atoms. The van der Waals surface area contributed by atoms with E-state index in [4.69, 9.17) is 9.47 Å². The molecule has 1 aromatic carbocycles. The van der Waals surface area contributed by atoms with Gasteiger partial charge < -0.3 is 19.1 Å². The molecule has 0 fully saturated rings. The summed E-state index contributed by atoms with van der Waals surface area (Å²) in [6.07, 6.45) is 0.0732. The molecule has 0 aliphatic carbocycles. The van der Waals surface area contributed by atoms with Crippen LogP contribution in [-0.2, 0) is 28.3 Å². The number of esters is 1. The van der Waals surface area contributed by atoms with E-state index in [0.717, 1.165) is 16.5 Å². The number of hydrogen-bond acceptors (Lipinski definition) is 6. The second kappa shape index (κ2) is 6.12. The molecule has 3 aromatic rings. The predicted molar refractivity (Wildman–Crippen MR) is 106 cm³/mol. The molecule has 2 aliphatic rings. The lowest BCUT2D eigenvalue weighted by Crippen LogP contribution is -2.44. The van der Waals surface area contributed by atoms with E-state index < -0.39 is 17.4 Å². The van der Waals surface area contributed by atoms with E-state index in [1.165, 1.54) is 13.2 Å². The zero-order valence-corrected chi connectivity index (χ0v) is 16.7. The standard InChI is InChI=1S/C22H19FN2O5/c1-4-22(28)14-6-17-19-12(8-25(17)20(26)13(14)9-30-21(22)27)10(2)11-5-18(29-3)15(23)7-16(11)24-19/h5-7,28H,4,8-9H2,1-3H3. The minimum atomic E-state index is -1.88. The Morgan fingerprint density at radius 1 is 1.30 bits per heavy atom. The summed E-state index contributed by atoms with van der Waals surface area (Å²) in [5.41, 5.74) is 1.50. The molecule has 1 atom stereocenters. The van der Waals surface area contributed by atoms with E-state index in [2.05, 4.69) is 4.98 Å². The maximum Gasteiger partial charge on any atom is 0.343 e. The maximum atomic E-state index is 14.3. The molecule has 8 heteroatoms. The zero-order chi connectivity index (χ0) is 21.4. The van der Waals surface area contributed by atoms with E-state index >= 15 is 0 Å². The summed E-state index contributed by atoms with van der Waals surface area (Å²) in [6, 6.07) is 4.55. The number of aromatic nitrogens is 2. The number of fused-ring (bicyclic) bond motifs is 5. The number of hydrogen-bond donors (Lipinski definition) is 1. The van der Waals surface area contributed by atoms with Gasteiger partial charge in [-0.05, 0) is 31.0 Å². The Labute approximate surface area is 170 Å². The van der Waals surface area contributed by atoms with Crippen molar-refractivity contribution in [3.8, 4) is 17.1 Å². The van der Waals surface area contributed by atoms with Crippen molar-refractivity contribution in [2.24, 2.45) is 0 Å². The highest BCUT2D eigenvalue weighted by atomic mass is 19.1. The fourth-order valence-corrected chi connectivity index (χ4v) is 4.44. The second-order valence-electron chi connectivity index (χ2n) is 7.67. The van der Waals surface area contributed by atoms with Gasteiger partial charge in [0, 0.05) is 22.6 Å². The van der Waals surface area contributed by atoms with Crippen LogP contribution in [0.5, 0.6) is 5.75 Å². The van der Waals surface area contributed by atoms with Gasteiger partial charge >= 0.3 is 5.97 Å². The highest BCUT2D eigenvalue weighted by Crippen LogP contribution is 2.40.